The maximum Gasteiger partial charge on any atom is 0.414 e. The van der Waals surface area contributed by atoms with Crippen molar-refractivity contribution in [3.8, 4) is 0 Å². The molecule has 1 aromatic heterocycles. The van der Waals surface area contributed by atoms with Gasteiger partial charge in [-0.2, -0.15) is 11.8 Å². The summed E-state index contributed by atoms with van der Waals surface area (Å²) in [7, 11) is 0. The van der Waals surface area contributed by atoms with E-state index >= 15 is 0 Å². The van der Waals surface area contributed by atoms with E-state index in [-0.39, 0.29) is 6.09 Å². The third-order valence-electron chi connectivity index (χ3n) is 4.27. The smallest absolute Gasteiger partial charge is 0.414 e. The summed E-state index contributed by atoms with van der Waals surface area (Å²) in [6.07, 6.45) is 4.29. The Morgan fingerprint density at radius 1 is 1.21 bits per heavy atom. The van der Waals surface area contributed by atoms with Crippen LogP contribution >= 0.6 is 11.8 Å². The number of cyclic esters (lactones) is 1. The molecule has 0 spiro atoms. The van der Waals surface area contributed by atoms with Crippen molar-refractivity contribution in [1.82, 2.24) is 10.6 Å². The molecule has 28 heavy (non-hydrogen) atoms. The molecule has 0 unspecified atom stereocenters. The number of carbonyl (C=O) groups is 1. The molecule has 0 atom stereocenters. The van der Waals surface area contributed by atoms with E-state index in [4.69, 9.17) is 9.15 Å². The molecule has 1 aromatic carbocycles. The molecular formula is C20H26N4O3S. The predicted octanol–water partition coefficient (Wildman–Crippen LogP) is 2.88. The van der Waals surface area contributed by atoms with Crippen LogP contribution < -0.4 is 15.5 Å². The van der Waals surface area contributed by atoms with Gasteiger partial charge in [-0.1, -0.05) is 12.1 Å². The Bertz CT molecular complexity index is 762. The van der Waals surface area contributed by atoms with Crippen LogP contribution in [-0.4, -0.2) is 50.3 Å². The Morgan fingerprint density at radius 3 is 2.71 bits per heavy atom. The first-order valence-corrected chi connectivity index (χ1v) is 10.7. The molecule has 1 fully saturated rings. The number of nitrogens with zero attached hydrogens (tertiary/aromatic N) is 2. The van der Waals surface area contributed by atoms with Gasteiger partial charge in [0.1, 0.15) is 12.4 Å². The summed E-state index contributed by atoms with van der Waals surface area (Å²) >= 11 is 1.79. The van der Waals surface area contributed by atoms with Crippen LogP contribution in [0.5, 0.6) is 0 Å². The molecule has 1 aliphatic heterocycles. The molecule has 150 valence electrons. The fourth-order valence-electron chi connectivity index (χ4n) is 2.78. The van der Waals surface area contributed by atoms with Crippen LogP contribution in [0.4, 0.5) is 10.5 Å². The molecule has 0 radical (unpaired) electrons. The molecule has 8 heteroatoms. The minimum absolute atomic E-state index is 0.285. The first-order chi connectivity index (χ1) is 13.8. The maximum absolute atomic E-state index is 11.6. The fourth-order valence-corrected chi connectivity index (χ4v) is 3.09. The lowest BCUT2D eigenvalue weighted by atomic mass is 10.2. The molecule has 2 N–H and O–H groups in total. The average Bonchev–Trinajstić information content (AvgIpc) is 3.38. The number of benzene rings is 1. The molecule has 2 heterocycles. The van der Waals surface area contributed by atoms with Crippen LogP contribution in [0.15, 0.2) is 52.1 Å². The minimum atomic E-state index is -0.285. The number of amides is 1. The Labute approximate surface area is 169 Å². The highest BCUT2D eigenvalue weighted by Gasteiger charge is 2.23. The van der Waals surface area contributed by atoms with Gasteiger partial charge >= 0.3 is 6.09 Å². The Kier molecular flexibility index (Phi) is 7.66. The van der Waals surface area contributed by atoms with Crippen molar-refractivity contribution >= 4 is 29.5 Å². The van der Waals surface area contributed by atoms with Crippen molar-refractivity contribution in [2.75, 3.05) is 43.1 Å². The van der Waals surface area contributed by atoms with Crippen molar-refractivity contribution in [1.29, 1.82) is 0 Å². The number of carbonyl (C=O) groups excluding carboxylic acids is 1. The number of hydrogen-bond donors (Lipinski definition) is 2. The van der Waals surface area contributed by atoms with E-state index in [1.807, 2.05) is 36.4 Å². The number of hydrogen-bond acceptors (Lipinski definition) is 5. The number of guanidine groups is 1. The van der Waals surface area contributed by atoms with Crippen LogP contribution in [0, 0.1) is 0 Å². The second-order valence-corrected chi connectivity index (χ2v) is 7.26. The molecule has 7 nitrogen and oxygen atoms in total. The van der Waals surface area contributed by atoms with Crippen molar-refractivity contribution < 1.29 is 13.9 Å². The van der Waals surface area contributed by atoms with Gasteiger partial charge in [0.05, 0.1) is 19.4 Å². The lowest BCUT2D eigenvalue weighted by molar-refractivity contribution is 0.181. The lowest BCUT2D eigenvalue weighted by Crippen LogP contribution is -2.39. The summed E-state index contributed by atoms with van der Waals surface area (Å²) in [5, 5.41) is 6.70. The zero-order valence-corrected chi connectivity index (χ0v) is 16.8. The molecule has 0 bridgehead atoms. The standard InChI is InChI=1S/C20H26N4O3S/c1-28-14-10-22-19(21-9-8-18-3-2-12-26-18)23-15-16-4-6-17(7-5-16)24-11-13-27-20(24)25/h2-7,12H,8-11,13-15H2,1H3,(H2,21,22,23). The predicted molar refractivity (Wildman–Crippen MR) is 113 cm³/mol. The van der Waals surface area contributed by atoms with E-state index in [9.17, 15) is 4.79 Å². The maximum atomic E-state index is 11.6. The van der Waals surface area contributed by atoms with Gasteiger partial charge < -0.3 is 19.8 Å². The quantitative estimate of drug-likeness (QED) is 0.381. The van der Waals surface area contributed by atoms with Crippen molar-refractivity contribution in [2.24, 2.45) is 4.99 Å². The average molecular weight is 403 g/mol. The summed E-state index contributed by atoms with van der Waals surface area (Å²) in [4.78, 5) is 18.0. The first kappa shape index (κ1) is 20.1. The molecule has 0 saturated carbocycles. The zero-order chi connectivity index (χ0) is 19.6. The molecule has 3 rings (SSSR count). The van der Waals surface area contributed by atoms with Gasteiger partial charge in [-0.15, -0.1) is 0 Å². The van der Waals surface area contributed by atoms with E-state index < -0.39 is 0 Å². The summed E-state index contributed by atoms with van der Waals surface area (Å²) < 4.78 is 10.3. The molecular weight excluding hydrogens is 376 g/mol. The van der Waals surface area contributed by atoms with Gasteiger partial charge in [0.2, 0.25) is 0 Å². The number of rotatable bonds is 9. The second kappa shape index (κ2) is 10.7. The molecule has 2 aromatic rings. The van der Waals surface area contributed by atoms with E-state index in [0.29, 0.717) is 19.7 Å². The molecule has 1 amide bonds. The molecule has 1 aliphatic rings. The SMILES string of the molecule is CSCCNC(=NCc1ccc(N2CCOC2=O)cc1)NCCc1ccco1. The zero-order valence-electron chi connectivity index (χ0n) is 16.0. The van der Waals surface area contributed by atoms with Gasteiger partial charge in [-0.3, -0.25) is 4.90 Å². The van der Waals surface area contributed by atoms with Gasteiger partial charge in [-0.05, 0) is 36.1 Å². The molecule has 1 saturated heterocycles. The van der Waals surface area contributed by atoms with Crippen LogP contribution in [0.1, 0.15) is 11.3 Å². The van der Waals surface area contributed by atoms with Crippen LogP contribution in [0.2, 0.25) is 0 Å². The summed E-state index contributed by atoms with van der Waals surface area (Å²) in [6, 6.07) is 11.7. The normalized spacial score (nSPS) is 14.2. The van der Waals surface area contributed by atoms with E-state index in [2.05, 4.69) is 21.9 Å². The van der Waals surface area contributed by atoms with Gasteiger partial charge in [0.25, 0.3) is 0 Å². The van der Waals surface area contributed by atoms with Gasteiger partial charge in [0.15, 0.2) is 5.96 Å². The highest BCUT2D eigenvalue weighted by atomic mass is 32.2. The number of ether oxygens (including phenoxy) is 1. The minimum Gasteiger partial charge on any atom is -0.469 e. The second-order valence-electron chi connectivity index (χ2n) is 6.27. The van der Waals surface area contributed by atoms with Gasteiger partial charge in [-0.25, -0.2) is 9.79 Å². The third kappa shape index (κ3) is 5.95. The van der Waals surface area contributed by atoms with E-state index in [1.54, 1.807) is 22.9 Å². The summed E-state index contributed by atoms with van der Waals surface area (Å²) in [6.45, 7) is 3.19. The largest absolute Gasteiger partial charge is 0.469 e. The molecule has 0 aliphatic carbocycles. The number of thioether (sulfide) groups is 1. The Morgan fingerprint density at radius 2 is 2.04 bits per heavy atom. The van der Waals surface area contributed by atoms with Gasteiger partial charge in [0, 0.05) is 31.0 Å². The Hall–Kier alpha value is -2.61. The number of nitrogens with one attached hydrogen (secondary N) is 2. The highest BCUT2D eigenvalue weighted by Crippen LogP contribution is 2.19. The fraction of sp³-hybridized carbons (Fsp3) is 0.400. The Balaban J connectivity index is 1.55. The van der Waals surface area contributed by atoms with E-state index in [1.165, 1.54) is 0 Å². The monoisotopic (exact) mass is 402 g/mol. The van der Waals surface area contributed by atoms with Crippen LogP contribution in [-0.2, 0) is 17.7 Å². The first-order valence-electron chi connectivity index (χ1n) is 9.33. The number of aliphatic imine (C=N–C) groups is 1. The highest BCUT2D eigenvalue weighted by molar-refractivity contribution is 7.98. The van der Waals surface area contributed by atoms with Crippen molar-refractivity contribution in [2.45, 2.75) is 13.0 Å². The number of furan rings is 1. The van der Waals surface area contributed by atoms with Crippen molar-refractivity contribution in [3.05, 3.63) is 54.0 Å². The summed E-state index contributed by atoms with van der Waals surface area (Å²) in [5.41, 5.74) is 1.93. The van der Waals surface area contributed by atoms with E-state index in [0.717, 1.165) is 48.2 Å². The van der Waals surface area contributed by atoms with Crippen LogP contribution in [0.3, 0.4) is 0 Å². The van der Waals surface area contributed by atoms with Crippen LogP contribution in [0.25, 0.3) is 0 Å². The summed E-state index contributed by atoms with van der Waals surface area (Å²) in [5.74, 6) is 2.75. The lowest BCUT2D eigenvalue weighted by Gasteiger charge is -2.13. The third-order valence-corrected chi connectivity index (χ3v) is 4.88. The topological polar surface area (TPSA) is 79.1 Å². The van der Waals surface area contributed by atoms with Crippen molar-refractivity contribution in [3.63, 3.8) is 0 Å². The number of anilines is 1.